The predicted molar refractivity (Wildman–Crippen MR) is 73.0 cm³/mol. The minimum absolute atomic E-state index is 0.00266. The highest BCUT2D eigenvalue weighted by Gasteiger charge is 2.20. The minimum atomic E-state index is -3.62. The lowest BCUT2D eigenvalue weighted by atomic mass is 10.1. The van der Waals surface area contributed by atoms with Crippen molar-refractivity contribution in [2.24, 2.45) is 0 Å². The Morgan fingerprint density at radius 1 is 1.25 bits per heavy atom. The van der Waals surface area contributed by atoms with E-state index in [2.05, 4.69) is 0 Å². The van der Waals surface area contributed by atoms with E-state index in [4.69, 9.17) is 4.74 Å². The molecule has 110 valence electrons. The van der Waals surface area contributed by atoms with Gasteiger partial charge in [0.2, 0.25) is 10.0 Å². The number of carbonyl (C=O) groups is 2. The van der Waals surface area contributed by atoms with Crippen molar-refractivity contribution < 1.29 is 22.7 Å². The summed E-state index contributed by atoms with van der Waals surface area (Å²) in [5.41, 5.74) is 0.713. The Hall–Kier alpha value is -1.73. The summed E-state index contributed by atoms with van der Waals surface area (Å²) in [5, 5.41) is 0. The zero-order valence-electron chi connectivity index (χ0n) is 11.8. The van der Waals surface area contributed by atoms with Crippen molar-refractivity contribution in [3.63, 3.8) is 0 Å². The maximum absolute atomic E-state index is 12.0. The molecular weight excluding hydrogens is 282 g/mol. The molecule has 0 unspecified atom stereocenters. The lowest BCUT2D eigenvalue weighted by Crippen LogP contribution is -2.23. The highest BCUT2D eigenvalue weighted by atomic mass is 32.2. The fraction of sp³-hybridized carbons (Fsp3) is 0.385. The number of esters is 1. The summed E-state index contributed by atoms with van der Waals surface area (Å²) in [5.74, 6) is -0.999. The second-order valence-corrected chi connectivity index (χ2v) is 6.69. The Labute approximate surface area is 118 Å². The lowest BCUT2D eigenvalue weighted by molar-refractivity contribution is -0.120. The molecule has 0 aliphatic heterocycles. The predicted octanol–water partition coefficient (Wildman–Crippen LogP) is 0.991. The number of carbonyl (C=O) groups excluding carboxylic acids is 2. The third-order valence-electron chi connectivity index (χ3n) is 2.61. The number of aryl methyl sites for hydroxylation is 1. The summed E-state index contributed by atoms with van der Waals surface area (Å²) in [6, 6.07) is 4.21. The van der Waals surface area contributed by atoms with E-state index < -0.39 is 16.0 Å². The van der Waals surface area contributed by atoms with Gasteiger partial charge in [-0.25, -0.2) is 17.5 Å². The molecule has 0 spiro atoms. The average molecular weight is 299 g/mol. The van der Waals surface area contributed by atoms with Crippen LogP contribution in [0.15, 0.2) is 23.1 Å². The molecule has 0 atom stereocenters. The largest absolute Gasteiger partial charge is 0.454 e. The molecule has 0 fully saturated rings. The number of sulfonamides is 1. The molecule has 0 amide bonds. The Morgan fingerprint density at radius 3 is 2.35 bits per heavy atom. The van der Waals surface area contributed by atoms with Crippen LogP contribution in [0, 0.1) is 6.92 Å². The summed E-state index contributed by atoms with van der Waals surface area (Å²) in [6.45, 7) is 2.63. The molecule has 0 N–H and O–H groups in total. The maximum Gasteiger partial charge on any atom is 0.338 e. The van der Waals surface area contributed by atoms with Gasteiger partial charge in [-0.1, -0.05) is 6.07 Å². The molecule has 0 saturated heterocycles. The fourth-order valence-electron chi connectivity index (χ4n) is 1.44. The number of hydrogen-bond donors (Lipinski definition) is 0. The number of ketones is 1. The Kier molecular flexibility index (Phi) is 5.02. The van der Waals surface area contributed by atoms with Crippen LogP contribution in [0.25, 0.3) is 0 Å². The number of nitrogens with zero attached hydrogens (tertiary/aromatic N) is 1. The first-order valence-corrected chi connectivity index (χ1v) is 7.30. The van der Waals surface area contributed by atoms with Crippen molar-refractivity contribution in [2.75, 3.05) is 20.7 Å². The van der Waals surface area contributed by atoms with Crippen LogP contribution >= 0.6 is 0 Å². The second-order valence-electron chi connectivity index (χ2n) is 4.54. The Morgan fingerprint density at radius 2 is 1.85 bits per heavy atom. The van der Waals surface area contributed by atoms with E-state index in [9.17, 15) is 18.0 Å². The quantitative estimate of drug-likeness (QED) is 0.757. The number of hydrogen-bond acceptors (Lipinski definition) is 5. The topological polar surface area (TPSA) is 80.8 Å². The molecule has 1 rings (SSSR count). The van der Waals surface area contributed by atoms with E-state index in [1.54, 1.807) is 6.92 Å². The summed E-state index contributed by atoms with van der Waals surface area (Å²) in [4.78, 5) is 22.6. The van der Waals surface area contributed by atoms with E-state index in [-0.39, 0.29) is 22.8 Å². The van der Waals surface area contributed by atoms with Gasteiger partial charge in [-0.05, 0) is 31.5 Å². The van der Waals surface area contributed by atoms with E-state index in [1.807, 2.05) is 0 Å². The van der Waals surface area contributed by atoms with Gasteiger partial charge >= 0.3 is 5.97 Å². The summed E-state index contributed by atoms with van der Waals surface area (Å²) >= 11 is 0. The zero-order chi connectivity index (χ0) is 15.5. The number of rotatable bonds is 5. The number of ether oxygens (including phenoxy) is 1. The zero-order valence-corrected chi connectivity index (χ0v) is 12.7. The van der Waals surface area contributed by atoms with Crippen LogP contribution in [0.1, 0.15) is 22.8 Å². The van der Waals surface area contributed by atoms with Gasteiger partial charge in [0.25, 0.3) is 0 Å². The SMILES string of the molecule is CC(=O)COC(=O)c1cc(S(=O)(=O)N(C)C)ccc1C. The first-order valence-electron chi connectivity index (χ1n) is 5.86. The molecule has 0 radical (unpaired) electrons. The molecule has 0 aliphatic carbocycles. The molecule has 0 aliphatic rings. The van der Waals surface area contributed by atoms with Gasteiger partial charge in [-0.2, -0.15) is 0 Å². The normalized spacial score (nSPS) is 11.4. The third-order valence-corrected chi connectivity index (χ3v) is 4.43. The van der Waals surface area contributed by atoms with E-state index in [0.717, 1.165) is 4.31 Å². The smallest absolute Gasteiger partial charge is 0.338 e. The standard InChI is InChI=1S/C13H17NO5S/c1-9-5-6-11(20(17,18)14(3)4)7-12(9)13(16)19-8-10(2)15/h5-7H,8H2,1-4H3. The molecule has 0 aromatic heterocycles. The molecule has 1 aromatic rings. The fourth-order valence-corrected chi connectivity index (χ4v) is 2.37. The average Bonchev–Trinajstić information content (AvgIpc) is 2.35. The van der Waals surface area contributed by atoms with Gasteiger partial charge in [0, 0.05) is 14.1 Å². The maximum atomic E-state index is 12.0. The van der Waals surface area contributed by atoms with Crippen molar-refractivity contribution in [3.8, 4) is 0 Å². The highest BCUT2D eigenvalue weighted by molar-refractivity contribution is 7.89. The van der Waals surface area contributed by atoms with Crippen LogP contribution in [0.3, 0.4) is 0 Å². The summed E-state index contributed by atoms with van der Waals surface area (Å²) < 4.78 is 29.9. The molecule has 0 bridgehead atoms. The Bertz CT molecular complexity index is 634. The van der Waals surface area contributed by atoms with Crippen molar-refractivity contribution in [1.82, 2.24) is 4.31 Å². The first-order chi connectivity index (χ1) is 9.16. The van der Waals surface area contributed by atoms with Crippen molar-refractivity contribution in [1.29, 1.82) is 0 Å². The van der Waals surface area contributed by atoms with Crippen LogP contribution < -0.4 is 0 Å². The summed E-state index contributed by atoms with van der Waals surface area (Å²) in [6.07, 6.45) is 0. The van der Waals surface area contributed by atoms with Gasteiger partial charge in [-0.15, -0.1) is 0 Å². The van der Waals surface area contributed by atoms with Crippen LogP contribution in [0.4, 0.5) is 0 Å². The highest BCUT2D eigenvalue weighted by Crippen LogP contribution is 2.18. The molecule has 0 saturated carbocycles. The van der Waals surface area contributed by atoms with E-state index in [1.165, 1.54) is 39.2 Å². The molecule has 1 aromatic carbocycles. The minimum Gasteiger partial charge on any atom is -0.454 e. The molecular formula is C13H17NO5S. The van der Waals surface area contributed by atoms with Crippen molar-refractivity contribution >= 4 is 21.8 Å². The first kappa shape index (κ1) is 16.3. The lowest BCUT2D eigenvalue weighted by Gasteiger charge is -2.13. The van der Waals surface area contributed by atoms with Gasteiger partial charge in [-0.3, -0.25) is 4.79 Å². The van der Waals surface area contributed by atoms with Crippen LogP contribution in [0.5, 0.6) is 0 Å². The van der Waals surface area contributed by atoms with Crippen molar-refractivity contribution in [2.45, 2.75) is 18.7 Å². The number of benzene rings is 1. The van der Waals surface area contributed by atoms with Crippen LogP contribution in [0.2, 0.25) is 0 Å². The van der Waals surface area contributed by atoms with Gasteiger partial charge < -0.3 is 4.74 Å². The van der Waals surface area contributed by atoms with Gasteiger partial charge in [0.1, 0.15) is 6.61 Å². The molecule has 20 heavy (non-hydrogen) atoms. The van der Waals surface area contributed by atoms with Gasteiger partial charge in [0.05, 0.1) is 10.5 Å². The number of Topliss-reactive ketones (excluding diaryl/α,β-unsaturated/α-hetero) is 1. The van der Waals surface area contributed by atoms with E-state index >= 15 is 0 Å². The molecule has 7 heteroatoms. The van der Waals surface area contributed by atoms with Gasteiger partial charge in [0.15, 0.2) is 5.78 Å². The molecule has 0 heterocycles. The monoisotopic (exact) mass is 299 g/mol. The van der Waals surface area contributed by atoms with Crippen LogP contribution in [-0.2, 0) is 19.6 Å². The summed E-state index contributed by atoms with van der Waals surface area (Å²) in [7, 11) is -0.811. The second kappa shape index (κ2) is 6.15. The molecule has 6 nitrogen and oxygen atoms in total. The van der Waals surface area contributed by atoms with Crippen molar-refractivity contribution in [3.05, 3.63) is 29.3 Å². The van der Waals surface area contributed by atoms with Crippen LogP contribution in [-0.4, -0.2) is 45.2 Å². The Balaban J connectivity index is 3.16. The third kappa shape index (κ3) is 3.64. The van der Waals surface area contributed by atoms with E-state index in [0.29, 0.717) is 5.56 Å².